The minimum Gasteiger partial charge on any atom is -0.506 e. The summed E-state index contributed by atoms with van der Waals surface area (Å²) in [4.78, 5) is 0. The molecule has 1 heterocycles. The van der Waals surface area contributed by atoms with E-state index in [0.29, 0.717) is 4.68 Å². The predicted molar refractivity (Wildman–Crippen MR) is 66.4 cm³/mol. The summed E-state index contributed by atoms with van der Waals surface area (Å²) >= 11 is 11.2. The first-order chi connectivity index (χ1) is 9.20. The number of rotatable bonds is 2. The quantitative estimate of drug-likeness (QED) is 0.897. The third kappa shape index (κ3) is 2.78. The molecule has 0 unspecified atom stereocenters. The Morgan fingerprint density at radius 1 is 1.30 bits per heavy atom. The average molecular weight is 327 g/mol. The Bertz CT molecular complexity index is 656. The lowest BCUT2D eigenvalue weighted by Crippen LogP contribution is -2.12. The molecule has 0 spiro atoms. The number of alkyl halides is 3. The van der Waals surface area contributed by atoms with Crippen LogP contribution in [0.2, 0.25) is 10.0 Å². The summed E-state index contributed by atoms with van der Waals surface area (Å²) in [5.74, 6) is -0.629. The van der Waals surface area contributed by atoms with Crippen LogP contribution in [0, 0.1) is 0 Å². The fraction of sp³-hybridized carbons (Fsp3) is 0.182. The first kappa shape index (κ1) is 14.8. The first-order valence-electron chi connectivity index (χ1n) is 5.16. The number of phenols is 1. The van der Waals surface area contributed by atoms with Gasteiger partial charge in [0.05, 0.1) is 5.02 Å². The van der Waals surface area contributed by atoms with E-state index >= 15 is 0 Å². The maximum atomic E-state index is 12.7. The minimum atomic E-state index is -4.65. The Labute approximate surface area is 121 Å². The topological polar surface area (TPSA) is 47.3 Å². The number of halogens is 5. The third-order valence-corrected chi connectivity index (χ3v) is 3.02. The van der Waals surface area contributed by atoms with E-state index < -0.39 is 22.8 Å². The van der Waals surface area contributed by atoms with Crippen LogP contribution in [0.4, 0.5) is 13.2 Å². The van der Waals surface area contributed by atoms with Crippen molar-refractivity contribution in [3.63, 3.8) is 0 Å². The summed E-state index contributed by atoms with van der Waals surface area (Å²) in [7, 11) is 1.10. The molecule has 0 fully saturated rings. The van der Waals surface area contributed by atoms with Gasteiger partial charge in [0.15, 0.2) is 5.69 Å². The number of phenolic OH excluding ortho intramolecular Hbond substituents is 1. The van der Waals surface area contributed by atoms with Crippen molar-refractivity contribution in [3.8, 4) is 17.4 Å². The summed E-state index contributed by atoms with van der Waals surface area (Å²) < 4.78 is 43.9. The van der Waals surface area contributed by atoms with E-state index in [2.05, 4.69) is 5.10 Å². The lowest BCUT2D eigenvalue weighted by atomic mass is 10.3. The van der Waals surface area contributed by atoms with Crippen molar-refractivity contribution in [2.24, 2.45) is 7.05 Å². The molecule has 2 rings (SSSR count). The highest BCUT2D eigenvalue weighted by Crippen LogP contribution is 2.40. The van der Waals surface area contributed by atoms with E-state index in [1.807, 2.05) is 0 Å². The molecule has 1 aromatic carbocycles. The van der Waals surface area contributed by atoms with E-state index in [1.54, 1.807) is 0 Å². The second kappa shape index (κ2) is 5.06. The van der Waals surface area contributed by atoms with Gasteiger partial charge in [-0.05, 0) is 12.1 Å². The van der Waals surface area contributed by atoms with Gasteiger partial charge in [0.1, 0.15) is 16.5 Å². The number of aromatic nitrogens is 2. The number of hydrogen-bond donors (Lipinski definition) is 1. The van der Waals surface area contributed by atoms with Gasteiger partial charge in [-0.1, -0.05) is 23.2 Å². The molecule has 0 amide bonds. The molecule has 0 bridgehead atoms. The molecule has 0 aliphatic rings. The van der Waals surface area contributed by atoms with Crippen molar-refractivity contribution in [2.75, 3.05) is 0 Å². The molecule has 4 nitrogen and oxygen atoms in total. The Morgan fingerprint density at radius 3 is 2.45 bits per heavy atom. The van der Waals surface area contributed by atoms with Crippen LogP contribution in [0.5, 0.6) is 17.4 Å². The predicted octanol–water partition coefficient (Wildman–Crippen LogP) is 4.24. The lowest BCUT2D eigenvalue weighted by Gasteiger charge is -2.06. The van der Waals surface area contributed by atoms with Crippen molar-refractivity contribution in [3.05, 3.63) is 33.9 Å². The average Bonchev–Trinajstić information content (AvgIpc) is 2.58. The third-order valence-electron chi connectivity index (χ3n) is 2.36. The van der Waals surface area contributed by atoms with Crippen molar-refractivity contribution in [2.45, 2.75) is 6.18 Å². The number of aryl methyl sites for hydroxylation is 1. The molecular formula is C11H7Cl2F3N2O2. The number of hydrogen-bond acceptors (Lipinski definition) is 3. The maximum absolute atomic E-state index is 12.7. The second-order valence-corrected chi connectivity index (χ2v) is 4.59. The number of ether oxygens (including phenoxy) is 1. The van der Waals surface area contributed by atoms with Crippen molar-refractivity contribution in [1.82, 2.24) is 9.78 Å². The summed E-state index contributed by atoms with van der Waals surface area (Å²) in [5.41, 5.74) is -1.12. The number of nitrogens with zero attached hydrogens (tertiary/aromatic N) is 2. The largest absolute Gasteiger partial charge is 0.506 e. The standard InChI is InChI=1S/C11H7Cl2F3N2O2/c1-18-9(11(14,15)16)8(13)10(17-18)20-5-2-3-6(12)7(19)4-5/h2-4,19H,1H3. The first-order valence-corrected chi connectivity index (χ1v) is 5.92. The van der Waals surface area contributed by atoms with Gasteiger partial charge in [-0.15, -0.1) is 5.10 Å². The molecule has 1 aromatic heterocycles. The molecule has 0 aliphatic heterocycles. The van der Waals surface area contributed by atoms with E-state index in [-0.39, 0.29) is 16.5 Å². The lowest BCUT2D eigenvalue weighted by molar-refractivity contribution is -0.143. The fourth-order valence-electron chi connectivity index (χ4n) is 1.51. The van der Waals surface area contributed by atoms with Crippen LogP contribution in [0.25, 0.3) is 0 Å². The van der Waals surface area contributed by atoms with Crippen LogP contribution in [-0.2, 0) is 13.2 Å². The molecule has 20 heavy (non-hydrogen) atoms. The molecule has 2 aromatic rings. The van der Waals surface area contributed by atoms with E-state index in [1.165, 1.54) is 12.1 Å². The van der Waals surface area contributed by atoms with Crippen molar-refractivity contribution < 1.29 is 23.0 Å². The number of aromatic hydroxyl groups is 1. The Kier molecular flexibility index (Phi) is 3.75. The summed E-state index contributed by atoms with van der Waals surface area (Å²) in [6, 6.07) is 3.83. The van der Waals surface area contributed by atoms with E-state index in [4.69, 9.17) is 27.9 Å². The second-order valence-electron chi connectivity index (χ2n) is 3.80. The maximum Gasteiger partial charge on any atom is 0.434 e. The summed E-state index contributed by atoms with van der Waals surface area (Å²) in [6.45, 7) is 0. The van der Waals surface area contributed by atoms with Gasteiger partial charge in [-0.2, -0.15) is 13.2 Å². The van der Waals surface area contributed by atoms with Gasteiger partial charge in [0.25, 0.3) is 5.88 Å². The smallest absolute Gasteiger partial charge is 0.434 e. The molecule has 0 aliphatic carbocycles. The van der Waals surface area contributed by atoms with Crippen LogP contribution in [-0.4, -0.2) is 14.9 Å². The van der Waals surface area contributed by atoms with Crippen LogP contribution < -0.4 is 4.74 Å². The van der Waals surface area contributed by atoms with Crippen molar-refractivity contribution >= 4 is 23.2 Å². The molecule has 1 N–H and O–H groups in total. The van der Waals surface area contributed by atoms with Gasteiger partial charge in [0.2, 0.25) is 0 Å². The molecule has 0 saturated carbocycles. The van der Waals surface area contributed by atoms with Gasteiger partial charge in [0, 0.05) is 13.1 Å². The van der Waals surface area contributed by atoms with Crippen LogP contribution in [0.1, 0.15) is 5.69 Å². The molecule has 0 saturated heterocycles. The normalized spacial score (nSPS) is 11.7. The minimum absolute atomic E-state index is 0.0561. The van der Waals surface area contributed by atoms with Crippen molar-refractivity contribution in [1.29, 1.82) is 0 Å². The van der Waals surface area contributed by atoms with Crippen LogP contribution >= 0.6 is 23.2 Å². The highest BCUT2D eigenvalue weighted by molar-refractivity contribution is 6.32. The van der Waals surface area contributed by atoms with Gasteiger partial charge < -0.3 is 9.84 Å². The highest BCUT2D eigenvalue weighted by Gasteiger charge is 2.39. The number of benzene rings is 1. The zero-order valence-corrected chi connectivity index (χ0v) is 11.4. The van der Waals surface area contributed by atoms with Gasteiger partial charge >= 0.3 is 6.18 Å². The zero-order valence-electron chi connectivity index (χ0n) is 9.87. The van der Waals surface area contributed by atoms with Gasteiger partial charge in [-0.25, -0.2) is 0 Å². The van der Waals surface area contributed by atoms with Crippen LogP contribution in [0.15, 0.2) is 18.2 Å². The Hall–Kier alpha value is -1.60. The molecule has 0 atom stereocenters. The van der Waals surface area contributed by atoms with Gasteiger partial charge in [-0.3, -0.25) is 4.68 Å². The molecular weight excluding hydrogens is 320 g/mol. The highest BCUT2D eigenvalue weighted by atomic mass is 35.5. The molecule has 0 radical (unpaired) electrons. The monoisotopic (exact) mass is 326 g/mol. The van der Waals surface area contributed by atoms with Crippen LogP contribution in [0.3, 0.4) is 0 Å². The summed E-state index contributed by atoms with van der Waals surface area (Å²) in [6.07, 6.45) is -4.65. The fourth-order valence-corrected chi connectivity index (χ4v) is 1.94. The summed E-state index contributed by atoms with van der Waals surface area (Å²) in [5, 5.41) is 12.4. The Balaban J connectivity index is 2.37. The van der Waals surface area contributed by atoms with E-state index in [0.717, 1.165) is 13.1 Å². The van der Waals surface area contributed by atoms with E-state index in [9.17, 15) is 18.3 Å². The SMILES string of the molecule is Cn1nc(Oc2ccc(Cl)c(O)c2)c(Cl)c1C(F)(F)F. The zero-order chi connectivity index (χ0) is 15.1. The Morgan fingerprint density at radius 2 is 1.95 bits per heavy atom. The molecule has 9 heteroatoms. The molecule has 108 valence electrons.